The molecule has 0 unspecified atom stereocenters. The molecule has 5 rings (SSSR count). The van der Waals surface area contributed by atoms with Crippen LogP contribution in [0.1, 0.15) is 0 Å². The van der Waals surface area contributed by atoms with Crippen LogP contribution in [-0.2, 0) is 0 Å². The molecule has 0 saturated carbocycles. The van der Waals surface area contributed by atoms with Crippen LogP contribution in [-0.4, -0.2) is 9.97 Å². The third-order valence-corrected chi connectivity index (χ3v) is 5.73. The molecule has 3 aromatic carbocycles. The third-order valence-electron chi connectivity index (χ3n) is 4.59. The summed E-state index contributed by atoms with van der Waals surface area (Å²) in [7, 11) is 0. The summed E-state index contributed by atoms with van der Waals surface area (Å²) in [5.74, 6) is -0.758. The Morgan fingerprint density at radius 1 is 0.621 bits per heavy atom. The molecule has 0 aliphatic carbocycles. The van der Waals surface area contributed by atoms with Gasteiger partial charge in [0.15, 0.2) is 5.82 Å². The number of nitrogens with zero attached hydrogens (tertiary/aromatic N) is 2. The van der Waals surface area contributed by atoms with Crippen LogP contribution in [0, 0.1) is 11.6 Å². The van der Waals surface area contributed by atoms with Gasteiger partial charge in [-0.3, -0.25) is 0 Å². The van der Waals surface area contributed by atoms with Crippen LogP contribution >= 0.6 is 11.3 Å². The Kier molecular flexibility index (Phi) is 4.37. The first-order valence-corrected chi connectivity index (χ1v) is 9.87. The van der Waals surface area contributed by atoms with Gasteiger partial charge in [-0.2, -0.15) is 0 Å². The highest BCUT2D eigenvalue weighted by Gasteiger charge is 2.13. The lowest BCUT2D eigenvalue weighted by molar-refractivity contribution is 0.584. The van der Waals surface area contributed by atoms with Crippen molar-refractivity contribution in [2.24, 2.45) is 0 Å². The molecule has 0 aliphatic rings. The van der Waals surface area contributed by atoms with Crippen LogP contribution in [0.2, 0.25) is 0 Å². The molecule has 2 aromatic heterocycles. The minimum absolute atomic E-state index is 0.379. The van der Waals surface area contributed by atoms with Gasteiger partial charge in [-0.1, -0.05) is 48.5 Å². The van der Waals surface area contributed by atoms with Crippen LogP contribution in [0.25, 0.3) is 43.3 Å². The third kappa shape index (κ3) is 3.52. The lowest BCUT2D eigenvalue weighted by Gasteiger charge is -2.08. The van der Waals surface area contributed by atoms with Crippen molar-refractivity contribution in [2.45, 2.75) is 0 Å². The Balaban J connectivity index is 1.73. The summed E-state index contributed by atoms with van der Waals surface area (Å²) in [6.07, 6.45) is 0. The zero-order valence-electron chi connectivity index (χ0n) is 15.1. The van der Waals surface area contributed by atoms with Gasteiger partial charge in [-0.15, -0.1) is 11.3 Å². The maximum Gasteiger partial charge on any atom is 0.160 e. The van der Waals surface area contributed by atoms with E-state index in [2.05, 4.69) is 23.2 Å². The highest BCUT2D eigenvalue weighted by atomic mass is 32.1. The molecule has 0 fully saturated rings. The standard InChI is InChI=1S/C24H14F2N2S/c25-18-10-17(11-19(26)13-18)20-14-21(23-12-16-8-4-5-9-22(16)29-23)28-24(27-20)15-6-2-1-3-7-15/h1-14H. The molecule has 5 aromatic rings. The van der Waals surface area contributed by atoms with Crippen molar-refractivity contribution < 1.29 is 8.78 Å². The van der Waals surface area contributed by atoms with Gasteiger partial charge in [0.05, 0.1) is 16.3 Å². The Morgan fingerprint density at radius 2 is 1.31 bits per heavy atom. The average molecular weight is 400 g/mol. The molecule has 0 amide bonds. The molecule has 29 heavy (non-hydrogen) atoms. The first kappa shape index (κ1) is 17.6. The van der Waals surface area contributed by atoms with E-state index in [1.807, 2.05) is 42.5 Å². The smallest absolute Gasteiger partial charge is 0.160 e. The maximum absolute atomic E-state index is 13.8. The summed E-state index contributed by atoms with van der Waals surface area (Å²) in [6.45, 7) is 0. The summed E-state index contributed by atoms with van der Waals surface area (Å²) in [5.41, 5.74) is 2.42. The van der Waals surface area contributed by atoms with Crippen molar-refractivity contribution in [2.75, 3.05) is 0 Å². The van der Waals surface area contributed by atoms with Gasteiger partial charge >= 0.3 is 0 Å². The van der Waals surface area contributed by atoms with E-state index in [9.17, 15) is 8.78 Å². The SMILES string of the molecule is Fc1cc(F)cc(-c2cc(-c3cc4ccccc4s3)nc(-c3ccccc3)n2)c1. The van der Waals surface area contributed by atoms with Crippen molar-refractivity contribution in [1.29, 1.82) is 0 Å². The normalized spacial score (nSPS) is 11.1. The highest BCUT2D eigenvalue weighted by molar-refractivity contribution is 7.22. The molecule has 0 bridgehead atoms. The van der Waals surface area contributed by atoms with Gasteiger partial charge in [0, 0.05) is 21.9 Å². The van der Waals surface area contributed by atoms with Crippen molar-refractivity contribution in [3.05, 3.63) is 96.6 Å². The number of rotatable bonds is 3. The fourth-order valence-electron chi connectivity index (χ4n) is 3.25. The van der Waals surface area contributed by atoms with Gasteiger partial charge in [0.1, 0.15) is 11.6 Å². The molecule has 0 aliphatic heterocycles. The van der Waals surface area contributed by atoms with Crippen LogP contribution in [0.15, 0.2) is 84.9 Å². The zero-order valence-corrected chi connectivity index (χ0v) is 16.0. The van der Waals surface area contributed by atoms with Gasteiger partial charge in [-0.25, -0.2) is 18.7 Å². The van der Waals surface area contributed by atoms with Crippen LogP contribution in [0.5, 0.6) is 0 Å². The predicted molar refractivity (Wildman–Crippen MR) is 114 cm³/mol. The Morgan fingerprint density at radius 3 is 2.07 bits per heavy atom. The van der Waals surface area contributed by atoms with Gasteiger partial charge in [-0.05, 0) is 35.7 Å². The minimum atomic E-state index is -0.636. The number of aromatic nitrogens is 2. The molecule has 0 atom stereocenters. The first-order chi connectivity index (χ1) is 14.2. The Bertz CT molecular complexity index is 1280. The molecule has 2 nitrogen and oxygen atoms in total. The quantitative estimate of drug-likeness (QED) is 0.327. The second-order valence-electron chi connectivity index (χ2n) is 6.63. The summed E-state index contributed by atoms with van der Waals surface area (Å²) in [6, 6.07) is 25.0. The molecule has 2 heterocycles. The largest absolute Gasteiger partial charge is 0.228 e. The number of hydrogen-bond donors (Lipinski definition) is 0. The zero-order chi connectivity index (χ0) is 19.8. The van der Waals surface area contributed by atoms with Gasteiger partial charge in [0.2, 0.25) is 0 Å². The van der Waals surface area contributed by atoms with Crippen LogP contribution in [0.4, 0.5) is 8.78 Å². The molecule has 0 spiro atoms. The van der Waals surface area contributed by atoms with E-state index in [1.165, 1.54) is 12.1 Å². The van der Waals surface area contributed by atoms with Crippen molar-refractivity contribution in [3.8, 4) is 33.2 Å². The number of hydrogen-bond acceptors (Lipinski definition) is 3. The molecule has 140 valence electrons. The summed E-state index contributed by atoms with van der Waals surface area (Å²) < 4.78 is 28.8. The maximum atomic E-state index is 13.8. The summed E-state index contributed by atoms with van der Waals surface area (Å²) in [4.78, 5) is 10.3. The Hall–Kier alpha value is -3.44. The first-order valence-electron chi connectivity index (χ1n) is 9.06. The van der Waals surface area contributed by atoms with Crippen LogP contribution in [0.3, 0.4) is 0 Å². The molecule has 0 radical (unpaired) electrons. The average Bonchev–Trinajstić information content (AvgIpc) is 3.18. The van der Waals surface area contributed by atoms with E-state index in [0.717, 1.165) is 32.3 Å². The van der Waals surface area contributed by atoms with E-state index >= 15 is 0 Å². The van der Waals surface area contributed by atoms with Crippen molar-refractivity contribution in [3.63, 3.8) is 0 Å². The minimum Gasteiger partial charge on any atom is -0.228 e. The lowest BCUT2D eigenvalue weighted by Crippen LogP contribution is -1.95. The molecule has 5 heteroatoms. The highest BCUT2D eigenvalue weighted by Crippen LogP contribution is 2.35. The molecular weight excluding hydrogens is 386 g/mol. The van der Waals surface area contributed by atoms with Crippen molar-refractivity contribution >= 4 is 21.4 Å². The second-order valence-corrected chi connectivity index (χ2v) is 7.72. The number of halogens is 2. The fraction of sp³-hybridized carbons (Fsp3) is 0. The Labute approximate surface area is 170 Å². The summed E-state index contributed by atoms with van der Waals surface area (Å²) in [5, 5.41) is 1.13. The predicted octanol–water partition coefficient (Wildman–Crippen LogP) is 6.97. The molecule has 0 saturated heterocycles. The topological polar surface area (TPSA) is 25.8 Å². The lowest BCUT2D eigenvalue weighted by atomic mass is 10.1. The number of benzene rings is 3. The van der Waals surface area contributed by atoms with E-state index in [-0.39, 0.29) is 0 Å². The molecular formula is C24H14F2N2S. The second kappa shape index (κ2) is 7.18. The van der Waals surface area contributed by atoms with E-state index in [0.29, 0.717) is 17.1 Å². The molecule has 0 N–H and O–H groups in total. The number of fused-ring (bicyclic) bond motifs is 1. The van der Waals surface area contributed by atoms with Gasteiger partial charge < -0.3 is 0 Å². The van der Waals surface area contributed by atoms with E-state index in [4.69, 9.17) is 4.98 Å². The van der Waals surface area contributed by atoms with E-state index in [1.54, 1.807) is 17.4 Å². The monoisotopic (exact) mass is 400 g/mol. The van der Waals surface area contributed by atoms with E-state index < -0.39 is 11.6 Å². The van der Waals surface area contributed by atoms with Crippen molar-refractivity contribution in [1.82, 2.24) is 9.97 Å². The van der Waals surface area contributed by atoms with Gasteiger partial charge in [0.25, 0.3) is 0 Å². The number of thiophene rings is 1. The fourth-order valence-corrected chi connectivity index (χ4v) is 4.27. The van der Waals surface area contributed by atoms with Crippen LogP contribution < -0.4 is 0 Å². The summed E-state index contributed by atoms with van der Waals surface area (Å²) >= 11 is 1.63.